The first-order valence-electron chi connectivity index (χ1n) is 14.4. The second-order valence-electron chi connectivity index (χ2n) is 12.0. The number of carbonyl (C=O) groups excluding carboxylic acids is 1. The fourth-order valence-electron chi connectivity index (χ4n) is 5.42. The first-order valence-corrected chi connectivity index (χ1v) is 15.9. The number of aryl methyl sites for hydroxylation is 2. The zero-order chi connectivity index (χ0) is 30.0. The first kappa shape index (κ1) is 29.6. The third kappa shape index (κ3) is 6.78. The molecule has 1 unspecified atom stereocenters. The zero-order valence-corrected chi connectivity index (χ0v) is 25.8. The van der Waals surface area contributed by atoms with Gasteiger partial charge in [-0.2, -0.15) is 0 Å². The number of ether oxygens (including phenoxy) is 2. The summed E-state index contributed by atoms with van der Waals surface area (Å²) in [4.78, 5) is 30.5. The maximum Gasteiger partial charge on any atom is 0.410 e. The van der Waals surface area contributed by atoms with Crippen LogP contribution in [0.15, 0.2) is 70.6 Å². The summed E-state index contributed by atoms with van der Waals surface area (Å²) in [6.45, 7) is 7.17. The molecule has 1 aliphatic rings. The summed E-state index contributed by atoms with van der Waals surface area (Å²) >= 11 is 0. The smallest absolute Gasteiger partial charge is 0.410 e. The third-order valence-corrected chi connectivity index (χ3v) is 8.64. The third-order valence-electron chi connectivity index (χ3n) is 7.73. The number of nitrogens with one attached hydrogen (secondary N) is 1. The van der Waals surface area contributed by atoms with Crippen LogP contribution in [0.2, 0.25) is 0 Å². The van der Waals surface area contributed by atoms with Crippen molar-refractivity contribution in [1.82, 2.24) is 14.5 Å². The molecule has 2 aromatic carbocycles. The van der Waals surface area contributed by atoms with E-state index in [9.17, 15) is 13.8 Å². The van der Waals surface area contributed by atoms with E-state index >= 15 is 0 Å². The molecule has 222 valence electrons. The zero-order valence-electron chi connectivity index (χ0n) is 24.9. The number of rotatable bonds is 7. The second kappa shape index (κ2) is 12.2. The molecule has 8 nitrogen and oxygen atoms in total. The van der Waals surface area contributed by atoms with Gasteiger partial charge in [-0.1, -0.05) is 12.1 Å². The molecule has 0 spiro atoms. The van der Waals surface area contributed by atoms with Crippen LogP contribution in [-0.4, -0.2) is 49.7 Å². The number of aromatic nitrogens is 2. The molecule has 1 fully saturated rings. The average Bonchev–Trinajstić information content (AvgIpc) is 3.45. The molecular weight excluding hydrogens is 550 g/mol. The fourth-order valence-corrected chi connectivity index (χ4v) is 5.97. The summed E-state index contributed by atoms with van der Waals surface area (Å²) in [6.07, 6.45) is 8.99. The number of fused-ring (bicyclic) bond motifs is 1. The number of carbonyl (C=O) groups is 1. The molecule has 2 aromatic heterocycles. The van der Waals surface area contributed by atoms with Gasteiger partial charge in [-0.05, 0) is 94.3 Å². The van der Waals surface area contributed by atoms with E-state index in [0.717, 1.165) is 55.3 Å². The Bertz CT molecular complexity index is 1660. The highest BCUT2D eigenvalue weighted by Gasteiger charge is 2.26. The van der Waals surface area contributed by atoms with E-state index < -0.39 is 16.4 Å². The summed E-state index contributed by atoms with van der Waals surface area (Å²) in [6, 6.07) is 15.5. The average molecular weight is 590 g/mol. The van der Waals surface area contributed by atoms with Crippen LogP contribution in [0.5, 0.6) is 11.5 Å². The lowest BCUT2D eigenvalue weighted by atomic mass is 9.90. The minimum Gasteiger partial charge on any atom is -0.457 e. The van der Waals surface area contributed by atoms with Gasteiger partial charge in [-0.15, -0.1) is 0 Å². The standard InChI is InChI=1S/C33H39N3O5S/c1-33(2,3)41-32(38)36-18-15-23(16-19-36)7-6-22-8-10-24(11-9-22)40-29-13-12-25(42(5)39)20-27(29)28-21-35(4)31(37)30-26(28)14-17-34-30/h8-14,17,20-21,23,34H,6-7,15-16,18-19H2,1-5H3. The number of benzene rings is 2. The van der Waals surface area contributed by atoms with Crippen LogP contribution in [-0.2, 0) is 29.0 Å². The number of likely N-dealkylation sites (tertiary alicyclic amines) is 1. The van der Waals surface area contributed by atoms with E-state index in [1.807, 2.05) is 62.1 Å². The van der Waals surface area contributed by atoms with Gasteiger partial charge < -0.3 is 23.9 Å². The molecule has 0 saturated carbocycles. The molecule has 3 heterocycles. The Kier molecular flexibility index (Phi) is 8.59. The molecule has 0 radical (unpaired) electrons. The normalized spacial score (nSPS) is 15.1. The van der Waals surface area contributed by atoms with Gasteiger partial charge in [0.15, 0.2) is 0 Å². The molecule has 1 atom stereocenters. The van der Waals surface area contributed by atoms with E-state index in [2.05, 4.69) is 17.1 Å². The Labute approximate surface area is 249 Å². The van der Waals surface area contributed by atoms with Crippen molar-refractivity contribution in [3.05, 3.63) is 76.8 Å². The number of hydrogen-bond donors (Lipinski definition) is 1. The highest BCUT2D eigenvalue weighted by Crippen LogP contribution is 2.38. The van der Waals surface area contributed by atoms with E-state index in [4.69, 9.17) is 9.47 Å². The van der Waals surface area contributed by atoms with Crippen molar-refractivity contribution in [3.8, 4) is 22.6 Å². The SMILES string of the molecule is Cn1cc(-c2cc(S(C)=O)ccc2Oc2ccc(CCC3CCN(C(=O)OC(C)(C)C)CC3)cc2)c2cc[nH]c2c1=O. The largest absolute Gasteiger partial charge is 0.457 e. The van der Waals surface area contributed by atoms with Crippen LogP contribution < -0.4 is 10.3 Å². The van der Waals surface area contributed by atoms with Crippen molar-refractivity contribution in [2.45, 2.75) is 57.0 Å². The van der Waals surface area contributed by atoms with Crippen LogP contribution in [0.1, 0.15) is 45.6 Å². The number of hydrogen-bond acceptors (Lipinski definition) is 5. The highest BCUT2D eigenvalue weighted by atomic mass is 32.2. The van der Waals surface area contributed by atoms with Gasteiger partial charge >= 0.3 is 6.09 Å². The van der Waals surface area contributed by atoms with E-state index in [-0.39, 0.29) is 11.7 Å². The number of aromatic amines is 1. The van der Waals surface area contributed by atoms with Crippen LogP contribution in [0, 0.1) is 5.92 Å². The Morgan fingerprint density at radius 1 is 1.05 bits per heavy atom. The van der Waals surface area contributed by atoms with Crippen molar-refractivity contribution in [1.29, 1.82) is 0 Å². The molecule has 4 aromatic rings. The number of nitrogens with zero attached hydrogens (tertiary/aromatic N) is 2. The molecule has 1 N–H and O–H groups in total. The fraction of sp³-hybridized carbons (Fsp3) is 0.394. The van der Waals surface area contributed by atoms with Crippen molar-refractivity contribution in [3.63, 3.8) is 0 Å². The molecule has 1 amide bonds. The maximum absolute atomic E-state index is 12.6. The van der Waals surface area contributed by atoms with Gasteiger partial charge in [0.25, 0.3) is 5.56 Å². The molecule has 5 rings (SSSR count). The topological polar surface area (TPSA) is 93.6 Å². The van der Waals surface area contributed by atoms with Gasteiger partial charge in [0, 0.05) is 71.0 Å². The second-order valence-corrected chi connectivity index (χ2v) is 13.4. The van der Waals surface area contributed by atoms with Gasteiger partial charge in [0.05, 0.1) is 0 Å². The minimum absolute atomic E-state index is 0.111. The van der Waals surface area contributed by atoms with Crippen LogP contribution in [0.3, 0.4) is 0 Å². The maximum atomic E-state index is 12.6. The van der Waals surface area contributed by atoms with Crippen LogP contribution in [0.4, 0.5) is 4.79 Å². The lowest BCUT2D eigenvalue weighted by Gasteiger charge is -2.33. The van der Waals surface area contributed by atoms with E-state index in [1.54, 1.807) is 30.3 Å². The summed E-state index contributed by atoms with van der Waals surface area (Å²) in [7, 11) is 0.544. The number of amides is 1. The number of pyridine rings is 1. The molecular formula is C33H39N3O5S. The minimum atomic E-state index is -1.18. The molecule has 0 aliphatic carbocycles. The Morgan fingerprint density at radius 2 is 1.76 bits per heavy atom. The lowest BCUT2D eigenvalue weighted by molar-refractivity contribution is 0.0181. The van der Waals surface area contributed by atoms with Crippen LogP contribution >= 0.6 is 0 Å². The van der Waals surface area contributed by atoms with Gasteiger partial charge in [-0.25, -0.2) is 4.79 Å². The first-order chi connectivity index (χ1) is 20.0. The van der Waals surface area contributed by atoms with Crippen molar-refractivity contribution in [2.75, 3.05) is 19.3 Å². The monoisotopic (exact) mass is 589 g/mol. The molecule has 0 bridgehead atoms. The Balaban J connectivity index is 1.26. The van der Waals surface area contributed by atoms with Gasteiger partial charge in [0.2, 0.25) is 0 Å². The van der Waals surface area contributed by atoms with Crippen molar-refractivity contribution < 1.29 is 18.5 Å². The predicted octanol–water partition coefficient (Wildman–Crippen LogP) is 6.64. The van der Waals surface area contributed by atoms with Crippen molar-refractivity contribution >= 4 is 27.8 Å². The van der Waals surface area contributed by atoms with Crippen LogP contribution in [0.25, 0.3) is 22.0 Å². The summed E-state index contributed by atoms with van der Waals surface area (Å²) in [5.41, 5.74) is 2.76. The summed E-state index contributed by atoms with van der Waals surface area (Å²) in [5, 5.41) is 0.786. The molecule has 42 heavy (non-hydrogen) atoms. The Hall–Kier alpha value is -3.85. The van der Waals surface area contributed by atoms with E-state index in [1.165, 1.54) is 5.56 Å². The number of H-pyrrole nitrogens is 1. The molecule has 1 aliphatic heterocycles. The molecule has 1 saturated heterocycles. The van der Waals surface area contributed by atoms with Gasteiger partial charge in [-0.3, -0.25) is 9.00 Å². The van der Waals surface area contributed by atoms with Gasteiger partial charge in [0.1, 0.15) is 22.6 Å². The predicted molar refractivity (Wildman–Crippen MR) is 167 cm³/mol. The Morgan fingerprint density at radius 3 is 2.43 bits per heavy atom. The summed E-state index contributed by atoms with van der Waals surface area (Å²) in [5.74, 6) is 1.90. The lowest BCUT2D eigenvalue weighted by Crippen LogP contribution is -2.41. The quantitative estimate of drug-likeness (QED) is 0.261. The molecule has 9 heteroatoms. The van der Waals surface area contributed by atoms with E-state index in [0.29, 0.717) is 27.8 Å². The highest BCUT2D eigenvalue weighted by molar-refractivity contribution is 7.84. The van der Waals surface area contributed by atoms with Crippen molar-refractivity contribution in [2.24, 2.45) is 13.0 Å². The number of piperidine rings is 1. The summed E-state index contributed by atoms with van der Waals surface area (Å²) < 4.78 is 25.8.